The molecule has 3 heteroatoms. The maximum atomic E-state index is 10.1. The summed E-state index contributed by atoms with van der Waals surface area (Å²) in [4.78, 5) is 14.2. The number of allylic oxidation sites excluding steroid dienone is 1. The molecule has 3 nitrogen and oxygen atoms in total. The molecule has 0 aliphatic heterocycles. The first-order valence-corrected chi connectivity index (χ1v) is 4.38. The van der Waals surface area contributed by atoms with Crippen molar-refractivity contribution in [1.82, 2.24) is 4.98 Å². The number of ether oxygens (including phenoxy) is 1. The SMILES string of the molecule is COc1cc(C)c(C=CCC=O)cn1. The number of carbonyl (C=O) groups is 1. The highest BCUT2D eigenvalue weighted by Gasteiger charge is 1.97. The molecule has 0 saturated carbocycles. The number of methoxy groups -OCH3 is 1. The number of carbonyl (C=O) groups excluding carboxylic acids is 1. The maximum Gasteiger partial charge on any atom is 0.213 e. The molecule has 1 aromatic rings. The van der Waals surface area contributed by atoms with Gasteiger partial charge in [0.25, 0.3) is 0 Å². The number of aryl methyl sites for hydroxylation is 1. The van der Waals surface area contributed by atoms with Crippen LogP contribution >= 0.6 is 0 Å². The van der Waals surface area contributed by atoms with Crippen LogP contribution in [0.15, 0.2) is 18.3 Å². The van der Waals surface area contributed by atoms with Crippen LogP contribution in [-0.2, 0) is 4.79 Å². The lowest BCUT2D eigenvalue weighted by Gasteiger charge is -2.02. The number of rotatable bonds is 4. The van der Waals surface area contributed by atoms with Crippen molar-refractivity contribution in [2.24, 2.45) is 0 Å². The van der Waals surface area contributed by atoms with Crippen molar-refractivity contribution in [3.8, 4) is 5.88 Å². The van der Waals surface area contributed by atoms with Crippen LogP contribution in [0.5, 0.6) is 5.88 Å². The van der Waals surface area contributed by atoms with E-state index in [-0.39, 0.29) is 0 Å². The third-order valence-corrected chi connectivity index (χ3v) is 1.87. The summed E-state index contributed by atoms with van der Waals surface area (Å²) >= 11 is 0. The highest BCUT2D eigenvalue weighted by Crippen LogP contribution is 2.14. The van der Waals surface area contributed by atoms with Gasteiger partial charge in [-0.05, 0) is 18.1 Å². The molecule has 0 amide bonds. The van der Waals surface area contributed by atoms with E-state index in [4.69, 9.17) is 4.74 Å². The van der Waals surface area contributed by atoms with Crippen molar-refractivity contribution in [2.45, 2.75) is 13.3 Å². The number of hydrogen-bond acceptors (Lipinski definition) is 3. The highest BCUT2D eigenvalue weighted by atomic mass is 16.5. The molecule has 74 valence electrons. The van der Waals surface area contributed by atoms with E-state index >= 15 is 0 Å². The van der Waals surface area contributed by atoms with Crippen LogP contribution in [0.2, 0.25) is 0 Å². The van der Waals surface area contributed by atoms with Crippen molar-refractivity contribution in [1.29, 1.82) is 0 Å². The smallest absolute Gasteiger partial charge is 0.213 e. The fourth-order valence-corrected chi connectivity index (χ4v) is 1.08. The standard InChI is InChI=1S/C11H13NO2/c1-9-7-11(14-2)12-8-10(9)5-3-4-6-13/h3,5-8H,4H2,1-2H3. The average Bonchev–Trinajstić information content (AvgIpc) is 2.20. The van der Waals surface area contributed by atoms with E-state index in [9.17, 15) is 4.79 Å². The first kappa shape index (κ1) is 10.4. The maximum absolute atomic E-state index is 10.1. The summed E-state index contributed by atoms with van der Waals surface area (Å²) in [6, 6.07) is 1.86. The van der Waals surface area contributed by atoms with E-state index in [1.165, 1.54) is 0 Å². The molecule has 1 heterocycles. The number of pyridine rings is 1. The number of nitrogens with zero attached hydrogens (tertiary/aromatic N) is 1. The fourth-order valence-electron chi connectivity index (χ4n) is 1.08. The summed E-state index contributed by atoms with van der Waals surface area (Å²) in [6.07, 6.45) is 6.73. The third kappa shape index (κ3) is 2.69. The molecular weight excluding hydrogens is 178 g/mol. The van der Waals surface area contributed by atoms with Gasteiger partial charge in [-0.15, -0.1) is 0 Å². The molecule has 14 heavy (non-hydrogen) atoms. The Morgan fingerprint density at radius 2 is 2.36 bits per heavy atom. The summed E-state index contributed by atoms with van der Waals surface area (Å²) in [7, 11) is 1.59. The largest absolute Gasteiger partial charge is 0.481 e. The Balaban J connectivity index is 2.83. The molecule has 0 atom stereocenters. The molecule has 0 N–H and O–H groups in total. The zero-order valence-corrected chi connectivity index (χ0v) is 8.36. The van der Waals surface area contributed by atoms with Gasteiger partial charge in [0.15, 0.2) is 0 Å². The quantitative estimate of drug-likeness (QED) is 0.683. The van der Waals surface area contributed by atoms with Gasteiger partial charge in [0.1, 0.15) is 6.29 Å². The van der Waals surface area contributed by atoms with Gasteiger partial charge in [0.2, 0.25) is 5.88 Å². The van der Waals surface area contributed by atoms with Crippen molar-refractivity contribution in [3.63, 3.8) is 0 Å². The van der Waals surface area contributed by atoms with E-state index in [1.54, 1.807) is 13.3 Å². The van der Waals surface area contributed by atoms with Crippen LogP contribution in [-0.4, -0.2) is 18.4 Å². The third-order valence-electron chi connectivity index (χ3n) is 1.87. The molecule has 0 bridgehead atoms. The first-order valence-electron chi connectivity index (χ1n) is 4.38. The molecule has 1 aromatic heterocycles. The van der Waals surface area contributed by atoms with Crippen LogP contribution in [0.3, 0.4) is 0 Å². The Morgan fingerprint density at radius 1 is 1.57 bits per heavy atom. The molecule has 0 aliphatic rings. The van der Waals surface area contributed by atoms with Gasteiger partial charge < -0.3 is 9.53 Å². The van der Waals surface area contributed by atoms with E-state index in [0.717, 1.165) is 17.4 Å². The average molecular weight is 191 g/mol. The van der Waals surface area contributed by atoms with Gasteiger partial charge in [-0.2, -0.15) is 0 Å². The molecule has 0 spiro atoms. The van der Waals surface area contributed by atoms with Crippen LogP contribution in [0.4, 0.5) is 0 Å². The molecule has 1 rings (SSSR count). The Morgan fingerprint density at radius 3 is 2.93 bits per heavy atom. The molecule has 0 saturated heterocycles. The van der Waals surface area contributed by atoms with Gasteiger partial charge in [0, 0.05) is 18.7 Å². The monoisotopic (exact) mass is 191 g/mol. The lowest BCUT2D eigenvalue weighted by Crippen LogP contribution is -1.90. The van der Waals surface area contributed by atoms with Gasteiger partial charge in [-0.25, -0.2) is 4.98 Å². The number of aldehydes is 1. The second kappa shape index (κ2) is 5.17. The van der Waals surface area contributed by atoms with Crippen molar-refractivity contribution < 1.29 is 9.53 Å². The second-order valence-corrected chi connectivity index (χ2v) is 2.89. The minimum atomic E-state index is 0.436. The topological polar surface area (TPSA) is 39.2 Å². The Bertz CT molecular complexity index is 345. The van der Waals surface area contributed by atoms with Gasteiger partial charge in [-0.1, -0.05) is 12.2 Å². The first-order chi connectivity index (χ1) is 6.77. The van der Waals surface area contributed by atoms with Gasteiger partial charge >= 0.3 is 0 Å². The zero-order valence-electron chi connectivity index (χ0n) is 8.36. The summed E-state index contributed by atoms with van der Waals surface area (Å²) < 4.78 is 4.98. The summed E-state index contributed by atoms with van der Waals surface area (Å²) in [5.41, 5.74) is 2.09. The summed E-state index contributed by atoms with van der Waals surface area (Å²) in [5, 5.41) is 0. The predicted molar refractivity (Wildman–Crippen MR) is 55.2 cm³/mol. The van der Waals surface area contributed by atoms with E-state index < -0.39 is 0 Å². The minimum Gasteiger partial charge on any atom is -0.481 e. The highest BCUT2D eigenvalue weighted by molar-refractivity contribution is 5.59. The Labute approximate surface area is 83.4 Å². The summed E-state index contributed by atoms with van der Waals surface area (Å²) in [5.74, 6) is 0.607. The molecule has 0 radical (unpaired) electrons. The minimum absolute atomic E-state index is 0.436. The lowest BCUT2D eigenvalue weighted by atomic mass is 10.1. The van der Waals surface area contributed by atoms with Crippen LogP contribution in [0, 0.1) is 6.92 Å². The number of hydrogen-bond donors (Lipinski definition) is 0. The predicted octanol–water partition coefficient (Wildman–Crippen LogP) is 2.00. The molecule has 0 aliphatic carbocycles. The van der Waals surface area contributed by atoms with Crippen LogP contribution < -0.4 is 4.74 Å². The van der Waals surface area contributed by atoms with E-state index in [1.807, 2.05) is 25.1 Å². The van der Waals surface area contributed by atoms with Gasteiger partial charge in [-0.3, -0.25) is 0 Å². The molecule has 0 aromatic carbocycles. The normalized spacial score (nSPS) is 10.4. The van der Waals surface area contributed by atoms with Crippen LogP contribution in [0.25, 0.3) is 6.08 Å². The van der Waals surface area contributed by atoms with Gasteiger partial charge in [0.05, 0.1) is 7.11 Å². The molecule has 0 unspecified atom stereocenters. The van der Waals surface area contributed by atoms with E-state index in [0.29, 0.717) is 12.3 Å². The van der Waals surface area contributed by atoms with E-state index in [2.05, 4.69) is 4.98 Å². The summed E-state index contributed by atoms with van der Waals surface area (Å²) in [6.45, 7) is 1.98. The molecule has 0 fully saturated rings. The molecular formula is C11H13NO2. The zero-order chi connectivity index (χ0) is 10.4. The van der Waals surface area contributed by atoms with Crippen molar-refractivity contribution in [2.75, 3.05) is 7.11 Å². The van der Waals surface area contributed by atoms with Crippen LogP contribution in [0.1, 0.15) is 17.5 Å². The van der Waals surface area contributed by atoms with Crippen molar-refractivity contribution >= 4 is 12.4 Å². The number of aromatic nitrogens is 1. The fraction of sp³-hybridized carbons (Fsp3) is 0.273. The Kier molecular flexibility index (Phi) is 3.85. The second-order valence-electron chi connectivity index (χ2n) is 2.89. The Hall–Kier alpha value is -1.64. The van der Waals surface area contributed by atoms with Crippen molar-refractivity contribution in [3.05, 3.63) is 29.5 Å². The lowest BCUT2D eigenvalue weighted by molar-refractivity contribution is -0.107.